The summed E-state index contributed by atoms with van der Waals surface area (Å²) in [6.07, 6.45) is 1.82. The van der Waals surface area contributed by atoms with E-state index in [1.54, 1.807) is 6.92 Å². The van der Waals surface area contributed by atoms with E-state index in [1.165, 1.54) is 30.2 Å². The molecule has 1 heterocycles. The van der Waals surface area contributed by atoms with E-state index in [1.807, 2.05) is 0 Å². The van der Waals surface area contributed by atoms with Crippen LogP contribution in [-0.4, -0.2) is 41.8 Å². The summed E-state index contributed by atoms with van der Waals surface area (Å²) in [4.78, 5) is 38.0. The quantitative estimate of drug-likeness (QED) is 0.654. The first-order valence-corrected chi connectivity index (χ1v) is 8.81. The van der Waals surface area contributed by atoms with Crippen LogP contribution in [0.25, 0.3) is 0 Å². The second kappa shape index (κ2) is 9.76. The molecule has 0 aliphatic heterocycles. The molecule has 7 nitrogen and oxygen atoms in total. The summed E-state index contributed by atoms with van der Waals surface area (Å²) in [5.41, 5.74) is -0.544. The van der Waals surface area contributed by atoms with Crippen molar-refractivity contribution in [3.63, 3.8) is 0 Å². The summed E-state index contributed by atoms with van der Waals surface area (Å²) in [6.45, 7) is 2.94. The third kappa shape index (κ3) is 5.59. The fourth-order valence-corrected chi connectivity index (χ4v) is 2.53. The third-order valence-corrected chi connectivity index (χ3v) is 3.91. The van der Waals surface area contributed by atoms with Crippen LogP contribution in [0.1, 0.15) is 30.8 Å². The number of nitrogens with one attached hydrogen (secondary N) is 2. The van der Waals surface area contributed by atoms with Crippen LogP contribution in [0.5, 0.6) is 0 Å². The molecule has 0 radical (unpaired) electrons. The fourth-order valence-electron chi connectivity index (χ4n) is 2.53. The van der Waals surface area contributed by atoms with Crippen molar-refractivity contribution in [1.82, 2.24) is 10.2 Å². The van der Waals surface area contributed by atoms with E-state index in [9.17, 15) is 27.6 Å². The summed E-state index contributed by atoms with van der Waals surface area (Å²) in [5, 5.41) is 4.57. The average Bonchev–Trinajstić information content (AvgIpc) is 3.22. The lowest BCUT2D eigenvalue weighted by atomic mass is 10.2. The highest BCUT2D eigenvalue weighted by Crippen LogP contribution is 2.19. The Morgan fingerprint density at radius 1 is 1.14 bits per heavy atom. The molecule has 2 aromatic rings. The smallest absolute Gasteiger partial charge is 0.287 e. The van der Waals surface area contributed by atoms with Crippen LogP contribution < -0.4 is 10.6 Å². The van der Waals surface area contributed by atoms with Gasteiger partial charge in [-0.15, -0.1) is 0 Å². The van der Waals surface area contributed by atoms with Gasteiger partial charge in [0.15, 0.2) is 23.2 Å². The van der Waals surface area contributed by atoms with Gasteiger partial charge in [0.2, 0.25) is 11.8 Å². The zero-order chi connectivity index (χ0) is 21.6. The molecule has 10 heteroatoms. The molecule has 2 rings (SSSR count). The van der Waals surface area contributed by atoms with Crippen LogP contribution >= 0.6 is 0 Å². The van der Waals surface area contributed by atoms with Gasteiger partial charge in [0.1, 0.15) is 6.04 Å². The van der Waals surface area contributed by atoms with Crippen molar-refractivity contribution < 1.29 is 32.0 Å². The second-order valence-corrected chi connectivity index (χ2v) is 6.20. The van der Waals surface area contributed by atoms with Crippen LogP contribution in [-0.2, 0) is 9.59 Å². The summed E-state index contributed by atoms with van der Waals surface area (Å²) >= 11 is 0. The van der Waals surface area contributed by atoms with Crippen molar-refractivity contribution in [3.8, 4) is 0 Å². The molecule has 0 bridgehead atoms. The predicted molar refractivity (Wildman–Crippen MR) is 97.5 cm³/mol. The average molecular weight is 411 g/mol. The number of anilines is 1. The van der Waals surface area contributed by atoms with Crippen molar-refractivity contribution in [2.75, 3.05) is 18.4 Å². The van der Waals surface area contributed by atoms with Crippen LogP contribution in [0.4, 0.5) is 18.9 Å². The lowest BCUT2D eigenvalue weighted by molar-refractivity contribution is -0.136. The molecule has 1 aromatic carbocycles. The topological polar surface area (TPSA) is 91.7 Å². The summed E-state index contributed by atoms with van der Waals surface area (Å²) in [6, 6.07) is 3.54. The predicted octanol–water partition coefficient (Wildman–Crippen LogP) is 2.69. The van der Waals surface area contributed by atoms with E-state index in [-0.39, 0.29) is 12.3 Å². The minimum Gasteiger partial charge on any atom is -0.459 e. The van der Waals surface area contributed by atoms with Crippen molar-refractivity contribution >= 4 is 23.4 Å². The highest BCUT2D eigenvalue weighted by molar-refractivity contribution is 5.98. The monoisotopic (exact) mass is 411 g/mol. The Labute approximate surface area is 164 Å². The molecule has 0 aliphatic carbocycles. The number of carbonyl (C=O) groups excluding carboxylic acids is 3. The van der Waals surface area contributed by atoms with Gasteiger partial charge >= 0.3 is 0 Å². The van der Waals surface area contributed by atoms with Gasteiger partial charge in [0.25, 0.3) is 5.91 Å². The first-order valence-electron chi connectivity index (χ1n) is 8.81. The highest BCUT2D eigenvalue weighted by atomic mass is 19.2. The summed E-state index contributed by atoms with van der Waals surface area (Å²) < 4.78 is 44.9. The van der Waals surface area contributed by atoms with Gasteiger partial charge in [-0.2, -0.15) is 0 Å². The maximum Gasteiger partial charge on any atom is 0.287 e. The fraction of sp³-hybridized carbons (Fsp3) is 0.316. The van der Waals surface area contributed by atoms with E-state index in [4.69, 9.17) is 4.42 Å². The van der Waals surface area contributed by atoms with Gasteiger partial charge in [0.05, 0.1) is 18.5 Å². The van der Waals surface area contributed by atoms with Crippen LogP contribution in [0, 0.1) is 17.5 Å². The summed E-state index contributed by atoms with van der Waals surface area (Å²) in [5.74, 6) is -6.55. The Balaban J connectivity index is 2.02. The number of amides is 3. The molecule has 29 heavy (non-hydrogen) atoms. The van der Waals surface area contributed by atoms with Gasteiger partial charge in [-0.3, -0.25) is 14.4 Å². The number of hydrogen-bond acceptors (Lipinski definition) is 4. The van der Waals surface area contributed by atoms with Crippen LogP contribution in [0.3, 0.4) is 0 Å². The third-order valence-electron chi connectivity index (χ3n) is 3.91. The van der Waals surface area contributed by atoms with E-state index < -0.39 is 53.4 Å². The number of halogens is 3. The largest absolute Gasteiger partial charge is 0.459 e. The number of rotatable bonds is 8. The van der Waals surface area contributed by atoms with Crippen molar-refractivity contribution in [2.45, 2.75) is 26.3 Å². The Kier molecular flexibility index (Phi) is 7.40. The van der Waals surface area contributed by atoms with Gasteiger partial charge in [-0.05, 0) is 37.6 Å². The molecule has 0 spiro atoms. The highest BCUT2D eigenvalue weighted by Gasteiger charge is 2.25. The molecular formula is C19H20F3N3O4. The van der Waals surface area contributed by atoms with E-state index in [2.05, 4.69) is 10.6 Å². The van der Waals surface area contributed by atoms with Crippen LogP contribution in [0.15, 0.2) is 34.9 Å². The molecule has 0 fully saturated rings. The minimum absolute atomic E-state index is 0.0262. The Hall–Kier alpha value is -3.30. The molecule has 2 N–H and O–H groups in total. The Morgan fingerprint density at radius 2 is 1.86 bits per heavy atom. The number of benzene rings is 1. The summed E-state index contributed by atoms with van der Waals surface area (Å²) in [7, 11) is 0. The standard InChI is InChI=1S/C19H20F3N3O4/c1-3-8-25(19(28)11(2)23-18(27)14-5-4-9-29-14)10-15(26)24-13-7-6-12(20)16(21)17(13)22/h4-7,9,11H,3,8,10H2,1-2H3,(H,23,27)(H,24,26). The first-order chi connectivity index (χ1) is 13.7. The van der Waals surface area contributed by atoms with E-state index in [0.29, 0.717) is 12.5 Å². The number of carbonyl (C=O) groups is 3. The lowest BCUT2D eigenvalue weighted by Gasteiger charge is -2.25. The maximum absolute atomic E-state index is 13.7. The zero-order valence-corrected chi connectivity index (χ0v) is 15.8. The minimum atomic E-state index is -1.71. The van der Waals surface area contributed by atoms with Gasteiger partial charge in [0, 0.05) is 6.54 Å². The number of nitrogens with zero attached hydrogens (tertiary/aromatic N) is 1. The lowest BCUT2D eigenvalue weighted by Crippen LogP contribution is -2.49. The van der Waals surface area contributed by atoms with E-state index in [0.717, 1.165) is 6.07 Å². The number of furan rings is 1. The van der Waals surface area contributed by atoms with Gasteiger partial charge in [-0.25, -0.2) is 13.2 Å². The van der Waals surface area contributed by atoms with Crippen molar-refractivity contribution in [1.29, 1.82) is 0 Å². The van der Waals surface area contributed by atoms with Gasteiger partial charge in [-0.1, -0.05) is 6.92 Å². The van der Waals surface area contributed by atoms with Crippen molar-refractivity contribution in [3.05, 3.63) is 53.7 Å². The molecule has 1 unspecified atom stereocenters. The molecule has 1 atom stereocenters. The second-order valence-electron chi connectivity index (χ2n) is 6.20. The Morgan fingerprint density at radius 3 is 2.48 bits per heavy atom. The molecule has 0 saturated carbocycles. The Bertz CT molecular complexity index is 887. The normalized spacial score (nSPS) is 11.6. The van der Waals surface area contributed by atoms with Crippen LogP contribution in [0.2, 0.25) is 0 Å². The molecule has 1 aromatic heterocycles. The number of hydrogen-bond donors (Lipinski definition) is 2. The maximum atomic E-state index is 13.7. The molecule has 0 saturated heterocycles. The SMILES string of the molecule is CCCN(CC(=O)Nc1ccc(F)c(F)c1F)C(=O)C(C)NC(=O)c1ccco1. The molecule has 0 aliphatic rings. The first kappa shape index (κ1) is 22.0. The zero-order valence-electron chi connectivity index (χ0n) is 15.8. The van der Waals surface area contributed by atoms with Crippen molar-refractivity contribution in [2.24, 2.45) is 0 Å². The van der Waals surface area contributed by atoms with Gasteiger partial charge < -0.3 is 20.0 Å². The molecule has 3 amide bonds. The molecular weight excluding hydrogens is 391 g/mol. The molecule has 156 valence electrons. The van der Waals surface area contributed by atoms with E-state index >= 15 is 0 Å².